The SMILES string of the molecule is O=C1CC[C@@H]2CCc3ccccc3[C@@H]2CN1. The Hall–Kier alpha value is -1.31. The van der Waals surface area contributed by atoms with E-state index in [0.29, 0.717) is 18.3 Å². The number of amides is 1. The summed E-state index contributed by atoms with van der Waals surface area (Å²) in [5.74, 6) is 1.48. The van der Waals surface area contributed by atoms with E-state index < -0.39 is 0 Å². The molecule has 16 heavy (non-hydrogen) atoms. The fourth-order valence-electron chi connectivity index (χ4n) is 3.17. The quantitative estimate of drug-likeness (QED) is 0.706. The average molecular weight is 215 g/mol. The van der Waals surface area contributed by atoms with Crippen molar-refractivity contribution in [2.24, 2.45) is 5.92 Å². The van der Waals surface area contributed by atoms with Crippen molar-refractivity contribution in [2.45, 2.75) is 31.6 Å². The van der Waals surface area contributed by atoms with E-state index in [-0.39, 0.29) is 5.91 Å². The van der Waals surface area contributed by atoms with E-state index in [4.69, 9.17) is 0 Å². The van der Waals surface area contributed by atoms with Gasteiger partial charge in [-0.05, 0) is 36.3 Å². The lowest BCUT2D eigenvalue weighted by molar-refractivity contribution is -0.120. The lowest BCUT2D eigenvalue weighted by atomic mass is 9.74. The molecule has 2 aliphatic rings. The molecule has 2 heteroatoms. The van der Waals surface area contributed by atoms with Crippen LogP contribution in [-0.4, -0.2) is 12.5 Å². The Morgan fingerprint density at radius 1 is 1.12 bits per heavy atom. The molecule has 1 aliphatic carbocycles. The van der Waals surface area contributed by atoms with Gasteiger partial charge in [0.1, 0.15) is 0 Å². The van der Waals surface area contributed by atoms with Crippen LogP contribution in [0, 0.1) is 5.92 Å². The van der Waals surface area contributed by atoms with Crippen LogP contribution >= 0.6 is 0 Å². The second-order valence-corrected chi connectivity index (χ2v) is 4.95. The Labute approximate surface area is 96.1 Å². The highest BCUT2D eigenvalue weighted by Gasteiger charge is 2.31. The van der Waals surface area contributed by atoms with Gasteiger partial charge in [-0.2, -0.15) is 0 Å². The Morgan fingerprint density at radius 3 is 2.88 bits per heavy atom. The standard InChI is InChI=1S/C14H17NO/c16-14-8-7-11-6-5-10-3-1-2-4-12(10)13(11)9-15-14/h1-4,11,13H,5-9H2,(H,15,16)/t11-,13+/m0/s1. The number of benzene rings is 1. The van der Waals surface area contributed by atoms with Crippen molar-refractivity contribution >= 4 is 5.91 Å². The van der Waals surface area contributed by atoms with Gasteiger partial charge in [-0.3, -0.25) is 4.79 Å². The molecular weight excluding hydrogens is 198 g/mol. The maximum atomic E-state index is 11.4. The van der Waals surface area contributed by atoms with Crippen molar-refractivity contribution in [1.29, 1.82) is 0 Å². The summed E-state index contributed by atoms with van der Waals surface area (Å²) in [5.41, 5.74) is 2.96. The number of rotatable bonds is 0. The van der Waals surface area contributed by atoms with E-state index in [0.717, 1.165) is 13.0 Å². The molecular formula is C14H17NO. The number of hydrogen-bond acceptors (Lipinski definition) is 1. The van der Waals surface area contributed by atoms with Gasteiger partial charge in [-0.25, -0.2) is 0 Å². The molecule has 1 amide bonds. The van der Waals surface area contributed by atoms with Gasteiger partial charge in [0.2, 0.25) is 5.91 Å². The largest absolute Gasteiger partial charge is 0.355 e. The van der Waals surface area contributed by atoms with Crippen LogP contribution in [0.1, 0.15) is 36.3 Å². The van der Waals surface area contributed by atoms with Gasteiger partial charge >= 0.3 is 0 Å². The minimum atomic E-state index is 0.229. The summed E-state index contributed by atoms with van der Waals surface area (Å²) in [6.45, 7) is 0.834. The number of aryl methyl sites for hydroxylation is 1. The van der Waals surface area contributed by atoms with Crippen molar-refractivity contribution in [3.63, 3.8) is 0 Å². The summed E-state index contributed by atoms with van der Waals surface area (Å²) in [6, 6.07) is 8.71. The molecule has 3 rings (SSSR count). The van der Waals surface area contributed by atoms with E-state index in [1.807, 2.05) is 0 Å². The van der Waals surface area contributed by atoms with E-state index in [2.05, 4.69) is 29.6 Å². The second kappa shape index (κ2) is 3.93. The molecule has 1 aliphatic heterocycles. The predicted octanol–water partition coefficient (Wildman–Crippen LogP) is 2.24. The van der Waals surface area contributed by atoms with Crippen LogP contribution in [-0.2, 0) is 11.2 Å². The minimum absolute atomic E-state index is 0.229. The van der Waals surface area contributed by atoms with Crippen molar-refractivity contribution in [2.75, 3.05) is 6.54 Å². The van der Waals surface area contributed by atoms with Crippen LogP contribution in [0.15, 0.2) is 24.3 Å². The summed E-state index contributed by atoms with van der Waals surface area (Å²) in [7, 11) is 0. The fraction of sp³-hybridized carbons (Fsp3) is 0.500. The molecule has 0 saturated carbocycles. The minimum Gasteiger partial charge on any atom is -0.355 e. The highest BCUT2D eigenvalue weighted by Crippen LogP contribution is 2.39. The average Bonchev–Trinajstić information content (AvgIpc) is 2.52. The third-order valence-corrected chi connectivity index (χ3v) is 4.07. The molecule has 0 radical (unpaired) electrons. The van der Waals surface area contributed by atoms with Crippen LogP contribution in [0.2, 0.25) is 0 Å². The second-order valence-electron chi connectivity index (χ2n) is 4.95. The fourth-order valence-corrected chi connectivity index (χ4v) is 3.17. The van der Waals surface area contributed by atoms with Crippen LogP contribution in [0.3, 0.4) is 0 Å². The zero-order valence-electron chi connectivity index (χ0n) is 9.41. The molecule has 1 N–H and O–H groups in total. The first-order chi connectivity index (χ1) is 7.84. The van der Waals surface area contributed by atoms with Crippen LogP contribution < -0.4 is 5.32 Å². The zero-order chi connectivity index (χ0) is 11.0. The maximum Gasteiger partial charge on any atom is 0.220 e. The summed E-state index contributed by atoms with van der Waals surface area (Å²) in [5, 5.41) is 3.05. The Balaban J connectivity index is 1.95. The molecule has 1 aromatic rings. The highest BCUT2D eigenvalue weighted by atomic mass is 16.1. The van der Waals surface area contributed by atoms with Crippen molar-refractivity contribution < 1.29 is 4.79 Å². The number of carbonyl (C=O) groups excluding carboxylic acids is 1. The molecule has 0 bridgehead atoms. The van der Waals surface area contributed by atoms with Crippen LogP contribution in [0.5, 0.6) is 0 Å². The highest BCUT2D eigenvalue weighted by molar-refractivity contribution is 5.76. The number of fused-ring (bicyclic) bond motifs is 3. The maximum absolute atomic E-state index is 11.4. The molecule has 2 atom stereocenters. The number of nitrogens with one attached hydrogen (secondary N) is 1. The first-order valence-corrected chi connectivity index (χ1v) is 6.19. The molecule has 84 valence electrons. The third kappa shape index (κ3) is 1.62. The van der Waals surface area contributed by atoms with Crippen LogP contribution in [0.25, 0.3) is 0 Å². The molecule has 0 unspecified atom stereocenters. The predicted molar refractivity (Wildman–Crippen MR) is 63.2 cm³/mol. The first kappa shape index (κ1) is 9.88. The summed E-state index contributed by atoms with van der Waals surface area (Å²) in [6.07, 6.45) is 4.20. The van der Waals surface area contributed by atoms with Crippen LogP contribution in [0.4, 0.5) is 0 Å². The van der Waals surface area contributed by atoms with Crippen molar-refractivity contribution in [3.8, 4) is 0 Å². The molecule has 0 aromatic heterocycles. The van der Waals surface area contributed by atoms with E-state index >= 15 is 0 Å². The molecule has 1 saturated heterocycles. The smallest absolute Gasteiger partial charge is 0.220 e. The number of carbonyl (C=O) groups is 1. The van der Waals surface area contributed by atoms with Gasteiger partial charge in [0, 0.05) is 18.9 Å². The van der Waals surface area contributed by atoms with Gasteiger partial charge in [0.05, 0.1) is 0 Å². The lowest BCUT2D eigenvalue weighted by Gasteiger charge is -2.31. The van der Waals surface area contributed by atoms with Crippen molar-refractivity contribution in [3.05, 3.63) is 35.4 Å². The first-order valence-electron chi connectivity index (χ1n) is 6.19. The van der Waals surface area contributed by atoms with E-state index in [1.165, 1.54) is 24.0 Å². The molecule has 1 aromatic carbocycles. The third-order valence-electron chi connectivity index (χ3n) is 4.07. The normalized spacial score (nSPS) is 28.6. The van der Waals surface area contributed by atoms with Gasteiger partial charge in [0.25, 0.3) is 0 Å². The molecule has 1 heterocycles. The summed E-state index contributed by atoms with van der Waals surface area (Å²) >= 11 is 0. The zero-order valence-corrected chi connectivity index (χ0v) is 9.41. The van der Waals surface area contributed by atoms with Gasteiger partial charge in [-0.1, -0.05) is 24.3 Å². The van der Waals surface area contributed by atoms with Gasteiger partial charge < -0.3 is 5.32 Å². The monoisotopic (exact) mass is 215 g/mol. The van der Waals surface area contributed by atoms with E-state index in [9.17, 15) is 4.79 Å². The van der Waals surface area contributed by atoms with Gasteiger partial charge in [-0.15, -0.1) is 0 Å². The molecule has 2 nitrogen and oxygen atoms in total. The Bertz CT molecular complexity index is 413. The molecule has 1 fully saturated rings. The Kier molecular flexibility index (Phi) is 2.43. The number of hydrogen-bond donors (Lipinski definition) is 1. The topological polar surface area (TPSA) is 29.1 Å². The lowest BCUT2D eigenvalue weighted by Crippen LogP contribution is -2.29. The Morgan fingerprint density at radius 2 is 1.94 bits per heavy atom. The summed E-state index contributed by atoms with van der Waals surface area (Å²) < 4.78 is 0. The van der Waals surface area contributed by atoms with Crippen molar-refractivity contribution in [1.82, 2.24) is 5.32 Å². The molecule has 0 spiro atoms. The van der Waals surface area contributed by atoms with E-state index in [1.54, 1.807) is 0 Å². The van der Waals surface area contributed by atoms with Gasteiger partial charge in [0.15, 0.2) is 0 Å². The summed E-state index contributed by atoms with van der Waals surface area (Å²) in [4.78, 5) is 11.4.